The molecule has 2 aromatic rings. The van der Waals surface area contributed by atoms with Crippen LogP contribution in [0.3, 0.4) is 0 Å². The van der Waals surface area contributed by atoms with Gasteiger partial charge in [0.15, 0.2) is 5.82 Å². The summed E-state index contributed by atoms with van der Waals surface area (Å²) in [5, 5.41) is 8.10. The van der Waals surface area contributed by atoms with Gasteiger partial charge in [0.05, 0.1) is 12.1 Å². The van der Waals surface area contributed by atoms with Gasteiger partial charge in [-0.15, -0.1) is 0 Å². The van der Waals surface area contributed by atoms with E-state index in [0.29, 0.717) is 5.92 Å². The van der Waals surface area contributed by atoms with Crippen LogP contribution in [-0.2, 0) is 13.6 Å². The first kappa shape index (κ1) is 12.3. The number of rotatable bonds is 3. The Morgan fingerprint density at radius 2 is 2.37 bits per heavy atom. The van der Waals surface area contributed by atoms with Gasteiger partial charge in [-0.2, -0.15) is 10.1 Å². The van der Waals surface area contributed by atoms with Crippen molar-refractivity contribution in [3.63, 3.8) is 0 Å². The molecule has 0 aromatic carbocycles. The lowest BCUT2D eigenvalue weighted by Crippen LogP contribution is -2.33. The van der Waals surface area contributed by atoms with E-state index in [1.54, 1.807) is 0 Å². The van der Waals surface area contributed by atoms with E-state index in [1.165, 1.54) is 12.0 Å². The number of nitrogens with zero attached hydrogens (tertiary/aromatic N) is 5. The Hall–Kier alpha value is -1.69. The predicted octanol–water partition coefficient (Wildman–Crippen LogP) is 1.49. The van der Waals surface area contributed by atoms with Crippen molar-refractivity contribution in [2.45, 2.75) is 32.2 Å². The van der Waals surface area contributed by atoms with Crippen molar-refractivity contribution in [3.8, 4) is 0 Å². The van der Waals surface area contributed by atoms with Gasteiger partial charge in [0.2, 0.25) is 5.89 Å². The van der Waals surface area contributed by atoms with Gasteiger partial charge in [0.25, 0.3) is 0 Å². The molecule has 0 radical (unpaired) electrons. The first-order valence-corrected chi connectivity index (χ1v) is 6.71. The van der Waals surface area contributed by atoms with Crippen LogP contribution in [0.5, 0.6) is 0 Å². The second-order valence-electron chi connectivity index (χ2n) is 5.28. The highest BCUT2D eigenvalue weighted by Crippen LogP contribution is 2.26. The van der Waals surface area contributed by atoms with E-state index in [1.807, 2.05) is 24.9 Å². The standard InChI is InChI=1S/C13H19N5O/c1-10-15-13(19-16-10)12-4-3-5-18(9-12)8-11-6-14-17(2)7-11/h6-7,12H,3-5,8-9H2,1-2H3. The molecule has 6 heteroatoms. The average Bonchev–Trinajstić information content (AvgIpc) is 2.99. The smallest absolute Gasteiger partial charge is 0.231 e. The maximum atomic E-state index is 5.30. The van der Waals surface area contributed by atoms with Gasteiger partial charge in [-0.1, -0.05) is 5.16 Å². The minimum atomic E-state index is 0.367. The number of aromatic nitrogens is 4. The SMILES string of the molecule is Cc1noc(C2CCCN(Cc3cnn(C)c3)C2)n1. The van der Waals surface area contributed by atoms with Gasteiger partial charge < -0.3 is 4.52 Å². The predicted molar refractivity (Wildman–Crippen MR) is 69.5 cm³/mol. The van der Waals surface area contributed by atoms with E-state index in [-0.39, 0.29) is 0 Å². The van der Waals surface area contributed by atoms with Crippen molar-refractivity contribution in [3.05, 3.63) is 29.7 Å². The zero-order valence-electron chi connectivity index (χ0n) is 11.4. The van der Waals surface area contributed by atoms with Crippen LogP contribution in [0, 0.1) is 6.92 Å². The van der Waals surface area contributed by atoms with Crippen LogP contribution >= 0.6 is 0 Å². The lowest BCUT2D eigenvalue weighted by Gasteiger charge is -2.30. The summed E-state index contributed by atoms with van der Waals surface area (Å²) in [5.74, 6) is 1.87. The molecule has 0 saturated carbocycles. The lowest BCUT2D eigenvalue weighted by atomic mass is 9.98. The molecule has 102 valence electrons. The van der Waals surface area contributed by atoms with Crippen LogP contribution < -0.4 is 0 Å². The Morgan fingerprint density at radius 1 is 1.47 bits per heavy atom. The average molecular weight is 261 g/mol. The number of hydrogen-bond donors (Lipinski definition) is 0. The van der Waals surface area contributed by atoms with Gasteiger partial charge in [-0.05, 0) is 26.3 Å². The summed E-state index contributed by atoms with van der Waals surface area (Å²) in [4.78, 5) is 6.79. The van der Waals surface area contributed by atoms with Crippen molar-refractivity contribution in [1.29, 1.82) is 0 Å². The molecule has 0 spiro atoms. The molecule has 0 N–H and O–H groups in total. The van der Waals surface area contributed by atoms with Crippen molar-refractivity contribution >= 4 is 0 Å². The lowest BCUT2D eigenvalue weighted by molar-refractivity contribution is 0.180. The summed E-state index contributed by atoms with van der Waals surface area (Å²) in [5.41, 5.74) is 1.25. The summed E-state index contributed by atoms with van der Waals surface area (Å²) in [6.45, 7) is 4.91. The second-order valence-corrected chi connectivity index (χ2v) is 5.28. The molecule has 1 unspecified atom stereocenters. The highest BCUT2D eigenvalue weighted by Gasteiger charge is 2.25. The minimum Gasteiger partial charge on any atom is -0.339 e. The molecule has 3 heterocycles. The Labute approximate surface area is 112 Å². The monoisotopic (exact) mass is 261 g/mol. The summed E-state index contributed by atoms with van der Waals surface area (Å²) in [6.07, 6.45) is 6.30. The third kappa shape index (κ3) is 2.84. The van der Waals surface area contributed by atoms with Gasteiger partial charge in [0.1, 0.15) is 0 Å². The van der Waals surface area contributed by atoms with Crippen LogP contribution in [0.4, 0.5) is 0 Å². The zero-order valence-corrected chi connectivity index (χ0v) is 11.4. The van der Waals surface area contributed by atoms with Crippen LogP contribution in [0.25, 0.3) is 0 Å². The summed E-state index contributed by atoms with van der Waals surface area (Å²) >= 11 is 0. The summed E-state index contributed by atoms with van der Waals surface area (Å²) in [6, 6.07) is 0. The molecule has 6 nitrogen and oxygen atoms in total. The molecule has 0 aliphatic carbocycles. The number of aryl methyl sites for hydroxylation is 2. The van der Waals surface area contributed by atoms with Gasteiger partial charge in [-0.3, -0.25) is 9.58 Å². The van der Waals surface area contributed by atoms with Gasteiger partial charge >= 0.3 is 0 Å². The molecule has 1 atom stereocenters. The van der Waals surface area contributed by atoms with E-state index in [4.69, 9.17) is 4.52 Å². The molecule has 0 amide bonds. The van der Waals surface area contributed by atoms with Crippen LogP contribution in [0.15, 0.2) is 16.9 Å². The van der Waals surface area contributed by atoms with E-state index in [0.717, 1.165) is 37.8 Å². The quantitative estimate of drug-likeness (QED) is 0.837. The van der Waals surface area contributed by atoms with E-state index < -0.39 is 0 Å². The summed E-state index contributed by atoms with van der Waals surface area (Å²) in [7, 11) is 1.95. The Balaban J connectivity index is 1.64. The van der Waals surface area contributed by atoms with E-state index >= 15 is 0 Å². The number of likely N-dealkylation sites (tertiary alicyclic amines) is 1. The Kier molecular flexibility index (Phi) is 3.33. The molecule has 2 aromatic heterocycles. The maximum Gasteiger partial charge on any atom is 0.231 e. The second kappa shape index (κ2) is 5.13. The summed E-state index contributed by atoms with van der Waals surface area (Å²) < 4.78 is 7.15. The molecular weight excluding hydrogens is 242 g/mol. The fraction of sp³-hybridized carbons (Fsp3) is 0.615. The molecular formula is C13H19N5O. The number of hydrogen-bond acceptors (Lipinski definition) is 5. The molecule has 1 aliphatic heterocycles. The first-order valence-electron chi connectivity index (χ1n) is 6.71. The normalized spacial score (nSPS) is 20.8. The van der Waals surface area contributed by atoms with Crippen LogP contribution in [0.1, 0.15) is 36.0 Å². The molecule has 1 aliphatic rings. The van der Waals surface area contributed by atoms with E-state index in [9.17, 15) is 0 Å². The molecule has 0 bridgehead atoms. The van der Waals surface area contributed by atoms with Gasteiger partial charge in [-0.25, -0.2) is 0 Å². The topological polar surface area (TPSA) is 60.0 Å². The third-order valence-corrected chi connectivity index (χ3v) is 3.56. The molecule has 1 saturated heterocycles. The van der Waals surface area contributed by atoms with Crippen LogP contribution in [0.2, 0.25) is 0 Å². The van der Waals surface area contributed by atoms with Crippen molar-refractivity contribution in [2.75, 3.05) is 13.1 Å². The number of piperidine rings is 1. The Bertz CT molecular complexity index is 547. The third-order valence-electron chi connectivity index (χ3n) is 3.56. The largest absolute Gasteiger partial charge is 0.339 e. The highest BCUT2D eigenvalue weighted by atomic mass is 16.5. The van der Waals surface area contributed by atoms with Crippen molar-refractivity contribution in [2.24, 2.45) is 7.05 Å². The molecule has 3 rings (SSSR count). The zero-order chi connectivity index (χ0) is 13.2. The fourth-order valence-corrected chi connectivity index (χ4v) is 2.69. The molecule has 1 fully saturated rings. The maximum absolute atomic E-state index is 5.30. The highest BCUT2D eigenvalue weighted by molar-refractivity contribution is 5.04. The van der Waals surface area contributed by atoms with E-state index in [2.05, 4.69) is 26.3 Å². The fourth-order valence-electron chi connectivity index (χ4n) is 2.69. The van der Waals surface area contributed by atoms with Crippen molar-refractivity contribution in [1.82, 2.24) is 24.8 Å². The van der Waals surface area contributed by atoms with Crippen LogP contribution in [-0.4, -0.2) is 37.9 Å². The minimum absolute atomic E-state index is 0.367. The van der Waals surface area contributed by atoms with Crippen molar-refractivity contribution < 1.29 is 4.52 Å². The van der Waals surface area contributed by atoms with Gasteiger partial charge in [0, 0.05) is 31.9 Å². The first-order chi connectivity index (χ1) is 9.20. The Morgan fingerprint density at radius 3 is 3.05 bits per heavy atom. The molecule has 19 heavy (non-hydrogen) atoms.